The molecule has 6 nitrogen and oxygen atoms in total. The van der Waals surface area contributed by atoms with E-state index in [1.807, 2.05) is 19.9 Å². The topological polar surface area (TPSA) is 80.4 Å². The van der Waals surface area contributed by atoms with E-state index in [0.717, 1.165) is 11.3 Å². The van der Waals surface area contributed by atoms with Crippen LogP contribution in [0, 0.1) is 13.8 Å². The molecule has 0 aliphatic heterocycles. The summed E-state index contributed by atoms with van der Waals surface area (Å²) in [5.74, 6) is 1.00. The lowest BCUT2D eigenvalue weighted by Gasteiger charge is -2.15. The van der Waals surface area contributed by atoms with Gasteiger partial charge in [-0.05, 0) is 56.7 Å². The largest absolute Gasteiger partial charge is 0.497 e. The Bertz CT molecular complexity index is 766. The van der Waals surface area contributed by atoms with Gasteiger partial charge in [0.05, 0.1) is 7.11 Å². The molecule has 1 heterocycles. The van der Waals surface area contributed by atoms with E-state index >= 15 is 0 Å². The lowest BCUT2D eigenvalue weighted by Crippen LogP contribution is -2.37. The van der Waals surface area contributed by atoms with Crippen molar-refractivity contribution >= 4 is 5.91 Å². The minimum atomic E-state index is -0.678. The van der Waals surface area contributed by atoms with Crippen molar-refractivity contribution in [3.8, 4) is 11.5 Å². The van der Waals surface area contributed by atoms with E-state index in [-0.39, 0.29) is 18.0 Å². The zero-order valence-corrected chi connectivity index (χ0v) is 14.3. The number of rotatable bonds is 6. The molecule has 1 atom stereocenters. The van der Waals surface area contributed by atoms with Gasteiger partial charge in [-0.2, -0.15) is 0 Å². The van der Waals surface area contributed by atoms with E-state index in [1.165, 1.54) is 0 Å². The molecule has 0 saturated heterocycles. The second-order valence-corrected chi connectivity index (χ2v) is 5.60. The van der Waals surface area contributed by atoms with Crippen molar-refractivity contribution < 1.29 is 14.3 Å². The number of methoxy groups -OCH3 is 1. The second-order valence-electron chi connectivity index (χ2n) is 5.60. The van der Waals surface area contributed by atoms with E-state index < -0.39 is 6.10 Å². The normalized spacial score (nSPS) is 11.7. The first kappa shape index (κ1) is 17.6. The van der Waals surface area contributed by atoms with E-state index in [1.54, 1.807) is 38.3 Å². The number of ether oxygens (including phenoxy) is 2. The fraction of sp³-hybridized carbons (Fsp3) is 0.333. The zero-order chi connectivity index (χ0) is 17.7. The molecule has 2 N–H and O–H groups in total. The van der Waals surface area contributed by atoms with Crippen molar-refractivity contribution in [1.82, 2.24) is 10.3 Å². The van der Waals surface area contributed by atoms with Crippen LogP contribution in [0.5, 0.6) is 11.5 Å². The number of H-pyrrole nitrogens is 1. The Hall–Kier alpha value is -2.76. The minimum absolute atomic E-state index is 0.163. The molecule has 0 aliphatic carbocycles. The third kappa shape index (κ3) is 4.38. The van der Waals surface area contributed by atoms with Gasteiger partial charge in [0.25, 0.3) is 11.5 Å². The minimum Gasteiger partial charge on any atom is -0.497 e. The molecule has 0 radical (unpaired) electrons. The molecule has 2 rings (SSSR count). The Morgan fingerprint density at radius 3 is 2.42 bits per heavy atom. The molecule has 1 amide bonds. The van der Waals surface area contributed by atoms with Crippen LogP contribution >= 0.6 is 0 Å². The van der Waals surface area contributed by atoms with Crippen LogP contribution in [0.2, 0.25) is 0 Å². The quantitative estimate of drug-likeness (QED) is 0.850. The molecule has 0 fully saturated rings. The number of pyridine rings is 1. The van der Waals surface area contributed by atoms with Crippen LogP contribution in [0.4, 0.5) is 0 Å². The summed E-state index contributed by atoms with van der Waals surface area (Å²) < 4.78 is 10.7. The van der Waals surface area contributed by atoms with Crippen LogP contribution in [-0.4, -0.2) is 24.1 Å². The van der Waals surface area contributed by atoms with Gasteiger partial charge < -0.3 is 19.8 Å². The lowest BCUT2D eigenvalue weighted by molar-refractivity contribution is -0.127. The summed E-state index contributed by atoms with van der Waals surface area (Å²) in [6.07, 6.45) is -0.678. The summed E-state index contributed by atoms with van der Waals surface area (Å²) in [4.78, 5) is 26.8. The van der Waals surface area contributed by atoms with Gasteiger partial charge in [-0.3, -0.25) is 9.59 Å². The molecule has 1 aromatic carbocycles. The maximum absolute atomic E-state index is 12.2. The highest BCUT2D eigenvalue weighted by Gasteiger charge is 2.15. The van der Waals surface area contributed by atoms with E-state index in [4.69, 9.17) is 9.47 Å². The number of aryl methyl sites for hydroxylation is 2. The third-order valence-corrected chi connectivity index (χ3v) is 3.67. The zero-order valence-electron chi connectivity index (χ0n) is 14.3. The van der Waals surface area contributed by atoms with Gasteiger partial charge in [-0.1, -0.05) is 0 Å². The Kier molecular flexibility index (Phi) is 5.63. The van der Waals surface area contributed by atoms with Gasteiger partial charge in [0.15, 0.2) is 6.10 Å². The molecule has 1 aromatic heterocycles. The fourth-order valence-electron chi connectivity index (χ4n) is 2.33. The molecule has 24 heavy (non-hydrogen) atoms. The predicted octanol–water partition coefficient (Wildman–Crippen LogP) is 2.08. The van der Waals surface area contributed by atoms with Gasteiger partial charge in [0.1, 0.15) is 11.5 Å². The standard InChI is InChI=1S/C18H22N2O4/c1-11-9-12(2)20-18(22)16(11)10-19-17(21)13(3)24-15-7-5-14(23-4)6-8-15/h5-9,13H,10H2,1-4H3,(H,19,21)(H,20,22)/t13-/m0/s1. The first-order valence-corrected chi connectivity index (χ1v) is 7.68. The number of nitrogens with one attached hydrogen (secondary N) is 2. The summed E-state index contributed by atoms with van der Waals surface area (Å²) >= 11 is 0. The number of amides is 1. The van der Waals surface area contributed by atoms with Gasteiger partial charge in [-0.15, -0.1) is 0 Å². The number of carbonyl (C=O) groups is 1. The van der Waals surface area contributed by atoms with Gasteiger partial charge in [-0.25, -0.2) is 0 Å². The molecule has 0 saturated carbocycles. The Labute approximate surface area is 140 Å². The molecule has 128 valence electrons. The highest BCUT2D eigenvalue weighted by atomic mass is 16.5. The van der Waals surface area contributed by atoms with Crippen LogP contribution < -0.4 is 20.3 Å². The first-order chi connectivity index (χ1) is 11.4. The van der Waals surface area contributed by atoms with Crippen molar-refractivity contribution in [2.24, 2.45) is 0 Å². The SMILES string of the molecule is COc1ccc(O[C@@H](C)C(=O)NCc2c(C)cc(C)[nH]c2=O)cc1. The third-order valence-electron chi connectivity index (χ3n) is 3.67. The van der Waals surface area contributed by atoms with Crippen LogP contribution in [0.3, 0.4) is 0 Å². The summed E-state index contributed by atoms with van der Waals surface area (Å²) in [6, 6.07) is 8.86. The Balaban J connectivity index is 1.95. The molecule has 2 aromatic rings. The first-order valence-electron chi connectivity index (χ1n) is 7.68. The van der Waals surface area contributed by atoms with E-state index in [0.29, 0.717) is 17.1 Å². The maximum atomic E-state index is 12.2. The van der Waals surface area contributed by atoms with Crippen LogP contribution in [-0.2, 0) is 11.3 Å². The monoisotopic (exact) mass is 330 g/mol. The summed E-state index contributed by atoms with van der Waals surface area (Å²) in [5, 5.41) is 2.73. The number of aromatic amines is 1. The highest BCUT2D eigenvalue weighted by Crippen LogP contribution is 2.18. The van der Waals surface area contributed by atoms with Crippen molar-refractivity contribution in [2.75, 3.05) is 7.11 Å². The molecule has 0 spiro atoms. The highest BCUT2D eigenvalue weighted by molar-refractivity contribution is 5.80. The molecular weight excluding hydrogens is 308 g/mol. The average molecular weight is 330 g/mol. The number of benzene rings is 1. The van der Waals surface area contributed by atoms with Crippen molar-refractivity contribution in [1.29, 1.82) is 0 Å². The summed E-state index contributed by atoms with van der Waals surface area (Å²) in [7, 11) is 1.58. The predicted molar refractivity (Wildman–Crippen MR) is 91.5 cm³/mol. The summed E-state index contributed by atoms with van der Waals surface area (Å²) in [5.41, 5.74) is 2.01. The molecular formula is C18H22N2O4. The van der Waals surface area contributed by atoms with Crippen LogP contribution in [0.25, 0.3) is 0 Å². The Morgan fingerprint density at radius 2 is 1.83 bits per heavy atom. The average Bonchev–Trinajstić information content (AvgIpc) is 2.54. The number of carbonyl (C=O) groups excluding carboxylic acids is 1. The van der Waals surface area contributed by atoms with Gasteiger partial charge >= 0.3 is 0 Å². The fourth-order valence-corrected chi connectivity index (χ4v) is 2.33. The number of aromatic nitrogens is 1. The van der Waals surface area contributed by atoms with Crippen molar-refractivity contribution in [3.63, 3.8) is 0 Å². The van der Waals surface area contributed by atoms with Crippen molar-refractivity contribution in [3.05, 3.63) is 57.5 Å². The number of hydrogen-bond acceptors (Lipinski definition) is 4. The van der Waals surface area contributed by atoms with Crippen LogP contribution in [0.1, 0.15) is 23.7 Å². The van der Waals surface area contributed by atoms with Gasteiger partial charge in [0, 0.05) is 17.8 Å². The smallest absolute Gasteiger partial charge is 0.261 e. The van der Waals surface area contributed by atoms with Crippen molar-refractivity contribution in [2.45, 2.75) is 33.4 Å². The van der Waals surface area contributed by atoms with E-state index in [2.05, 4.69) is 10.3 Å². The summed E-state index contributed by atoms with van der Waals surface area (Å²) in [6.45, 7) is 5.49. The van der Waals surface area contributed by atoms with E-state index in [9.17, 15) is 9.59 Å². The van der Waals surface area contributed by atoms with Gasteiger partial charge in [0.2, 0.25) is 0 Å². The van der Waals surface area contributed by atoms with Crippen LogP contribution in [0.15, 0.2) is 35.1 Å². The Morgan fingerprint density at radius 1 is 1.21 bits per heavy atom. The molecule has 6 heteroatoms. The second kappa shape index (κ2) is 7.68. The maximum Gasteiger partial charge on any atom is 0.261 e. The molecule has 0 unspecified atom stereocenters. The number of hydrogen-bond donors (Lipinski definition) is 2. The molecule has 0 aliphatic rings. The lowest BCUT2D eigenvalue weighted by atomic mass is 10.1. The molecule has 0 bridgehead atoms.